The van der Waals surface area contributed by atoms with E-state index >= 15 is 0 Å². The minimum Gasteiger partial charge on any atom is -0.366 e. The number of piperazine rings is 1. The number of H-pyrrole nitrogens is 1. The Morgan fingerprint density at radius 2 is 1.73 bits per heavy atom. The molecule has 1 aromatic heterocycles. The summed E-state index contributed by atoms with van der Waals surface area (Å²) in [5.74, 6) is -1.33. The molecule has 1 aliphatic rings. The minimum atomic E-state index is -0.538. The molecule has 0 saturated carbocycles. The van der Waals surface area contributed by atoms with E-state index in [0.29, 0.717) is 37.6 Å². The molecular formula is C16H16FN3O2. The molecule has 2 heterocycles. The number of para-hydroxylation sites is 1. The standard InChI is InChI=1S/C16H16FN3O2/c17-12-4-1-2-6-14(12)19-8-10-20(11-9-19)16(22)15(21)13-5-3-7-18-13/h1-7,18H,8-11H2. The number of benzene rings is 1. The first kappa shape index (κ1) is 14.3. The van der Waals surface area contributed by atoms with Gasteiger partial charge in [-0.05, 0) is 24.3 Å². The van der Waals surface area contributed by atoms with Crippen molar-refractivity contribution in [1.82, 2.24) is 9.88 Å². The van der Waals surface area contributed by atoms with Crippen LogP contribution in [-0.2, 0) is 4.79 Å². The number of Topliss-reactive ketones (excluding diaryl/α,β-unsaturated/α-hetero) is 1. The molecule has 3 rings (SSSR count). The lowest BCUT2D eigenvalue weighted by Crippen LogP contribution is -2.50. The number of nitrogens with one attached hydrogen (secondary N) is 1. The summed E-state index contributed by atoms with van der Waals surface area (Å²) in [7, 11) is 0. The maximum absolute atomic E-state index is 13.8. The van der Waals surface area contributed by atoms with Crippen LogP contribution in [0.15, 0.2) is 42.6 Å². The zero-order chi connectivity index (χ0) is 15.5. The van der Waals surface area contributed by atoms with Gasteiger partial charge in [-0.2, -0.15) is 0 Å². The fraction of sp³-hybridized carbons (Fsp3) is 0.250. The number of aromatic amines is 1. The second-order valence-corrected chi connectivity index (χ2v) is 5.14. The van der Waals surface area contributed by atoms with Crippen LogP contribution in [0.4, 0.5) is 10.1 Å². The lowest BCUT2D eigenvalue weighted by atomic mass is 10.2. The van der Waals surface area contributed by atoms with Gasteiger partial charge in [0.05, 0.1) is 11.4 Å². The smallest absolute Gasteiger partial charge is 0.296 e. The Morgan fingerprint density at radius 1 is 1.00 bits per heavy atom. The molecule has 1 fully saturated rings. The number of halogens is 1. The van der Waals surface area contributed by atoms with Crippen LogP contribution < -0.4 is 4.90 Å². The summed E-state index contributed by atoms with van der Waals surface area (Å²) < 4.78 is 13.8. The lowest BCUT2D eigenvalue weighted by Gasteiger charge is -2.35. The molecule has 1 saturated heterocycles. The Kier molecular flexibility index (Phi) is 3.91. The van der Waals surface area contributed by atoms with E-state index in [1.54, 1.807) is 36.5 Å². The second kappa shape index (κ2) is 6.01. The monoisotopic (exact) mass is 301 g/mol. The molecule has 0 bridgehead atoms. The predicted octanol–water partition coefficient (Wildman–Crippen LogP) is 1.69. The molecule has 0 unspecified atom stereocenters. The van der Waals surface area contributed by atoms with Crippen LogP contribution >= 0.6 is 0 Å². The summed E-state index contributed by atoms with van der Waals surface area (Å²) in [5.41, 5.74) is 0.826. The Bertz CT molecular complexity index is 676. The minimum absolute atomic E-state index is 0.273. The lowest BCUT2D eigenvalue weighted by molar-refractivity contribution is -0.126. The van der Waals surface area contributed by atoms with Crippen molar-refractivity contribution in [3.05, 3.63) is 54.1 Å². The summed E-state index contributed by atoms with van der Waals surface area (Å²) >= 11 is 0. The van der Waals surface area contributed by atoms with Gasteiger partial charge in [0.2, 0.25) is 0 Å². The number of hydrogen-bond acceptors (Lipinski definition) is 3. The Labute approximate surface area is 127 Å². The highest BCUT2D eigenvalue weighted by molar-refractivity contribution is 6.42. The Balaban J connectivity index is 1.63. The number of anilines is 1. The van der Waals surface area contributed by atoms with Gasteiger partial charge in [0.15, 0.2) is 0 Å². The van der Waals surface area contributed by atoms with Crippen LogP contribution in [0.25, 0.3) is 0 Å². The third kappa shape index (κ3) is 2.72. The number of aromatic nitrogens is 1. The predicted molar refractivity (Wildman–Crippen MR) is 80.3 cm³/mol. The third-order valence-electron chi connectivity index (χ3n) is 3.80. The van der Waals surface area contributed by atoms with Gasteiger partial charge >= 0.3 is 0 Å². The molecule has 6 heteroatoms. The summed E-state index contributed by atoms with van der Waals surface area (Å²) in [6.45, 7) is 1.81. The van der Waals surface area contributed by atoms with E-state index in [9.17, 15) is 14.0 Å². The zero-order valence-electron chi connectivity index (χ0n) is 12.0. The number of ketones is 1. The van der Waals surface area contributed by atoms with Gasteiger partial charge in [-0.15, -0.1) is 0 Å². The highest BCUT2D eigenvalue weighted by Gasteiger charge is 2.27. The number of amides is 1. The topological polar surface area (TPSA) is 56.4 Å². The highest BCUT2D eigenvalue weighted by Crippen LogP contribution is 2.20. The van der Waals surface area contributed by atoms with Crippen molar-refractivity contribution in [3.8, 4) is 0 Å². The fourth-order valence-corrected chi connectivity index (χ4v) is 2.59. The molecule has 1 amide bonds. The van der Waals surface area contributed by atoms with E-state index in [0.717, 1.165) is 0 Å². The SMILES string of the molecule is O=C(C(=O)N1CCN(c2ccccc2F)CC1)c1ccc[nH]1. The highest BCUT2D eigenvalue weighted by atomic mass is 19.1. The second-order valence-electron chi connectivity index (χ2n) is 5.14. The summed E-state index contributed by atoms with van der Waals surface area (Å²) in [5, 5.41) is 0. The number of carbonyl (C=O) groups excluding carboxylic acids is 2. The molecule has 1 aromatic carbocycles. The van der Waals surface area contributed by atoms with Crippen LogP contribution in [0.2, 0.25) is 0 Å². The van der Waals surface area contributed by atoms with E-state index in [2.05, 4.69) is 4.98 Å². The summed E-state index contributed by atoms with van der Waals surface area (Å²) in [6, 6.07) is 9.82. The molecule has 0 atom stereocenters. The van der Waals surface area contributed by atoms with Crippen molar-refractivity contribution < 1.29 is 14.0 Å². The zero-order valence-corrected chi connectivity index (χ0v) is 12.0. The average molecular weight is 301 g/mol. The molecule has 1 N–H and O–H groups in total. The van der Waals surface area contributed by atoms with E-state index in [-0.39, 0.29) is 5.82 Å². The maximum atomic E-state index is 13.8. The van der Waals surface area contributed by atoms with Gasteiger partial charge in [-0.3, -0.25) is 9.59 Å². The van der Waals surface area contributed by atoms with Gasteiger partial charge in [0.25, 0.3) is 11.7 Å². The van der Waals surface area contributed by atoms with Crippen molar-refractivity contribution in [2.75, 3.05) is 31.1 Å². The van der Waals surface area contributed by atoms with Gasteiger partial charge in [0.1, 0.15) is 5.82 Å². The van der Waals surface area contributed by atoms with Crippen molar-refractivity contribution in [2.45, 2.75) is 0 Å². The van der Waals surface area contributed by atoms with Crippen LogP contribution in [0.3, 0.4) is 0 Å². The number of rotatable bonds is 3. The third-order valence-corrected chi connectivity index (χ3v) is 3.80. The fourth-order valence-electron chi connectivity index (χ4n) is 2.59. The molecular weight excluding hydrogens is 285 g/mol. The first-order valence-electron chi connectivity index (χ1n) is 7.13. The van der Waals surface area contributed by atoms with Gasteiger partial charge in [-0.1, -0.05) is 12.1 Å². The Hall–Kier alpha value is -2.63. The van der Waals surface area contributed by atoms with E-state index in [1.165, 1.54) is 11.0 Å². The number of carbonyl (C=O) groups is 2. The molecule has 0 radical (unpaired) electrons. The molecule has 2 aromatic rings. The van der Waals surface area contributed by atoms with Crippen LogP contribution in [0.5, 0.6) is 0 Å². The first-order chi connectivity index (χ1) is 10.7. The molecule has 1 aliphatic heterocycles. The van der Waals surface area contributed by atoms with Crippen molar-refractivity contribution in [1.29, 1.82) is 0 Å². The molecule has 22 heavy (non-hydrogen) atoms. The Morgan fingerprint density at radius 3 is 2.36 bits per heavy atom. The largest absolute Gasteiger partial charge is 0.366 e. The molecule has 114 valence electrons. The van der Waals surface area contributed by atoms with E-state index in [1.807, 2.05) is 4.90 Å². The van der Waals surface area contributed by atoms with Crippen molar-refractivity contribution >= 4 is 17.4 Å². The summed E-state index contributed by atoms with van der Waals surface area (Å²) in [6.07, 6.45) is 1.61. The molecule has 0 aliphatic carbocycles. The van der Waals surface area contributed by atoms with Gasteiger partial charge < -0.3 is 14.8 Å². The van der Waals surface area contributed by atoms with Crippen LogP contribution in [0.1, 0.15) is 10.5 Å². The quantitative estimate of drug-likeness (QED) is 0.693. The average Bonchev–Trinajstić information content (AvgIpc) is 3.09. The molecule has 5 nitrogen and oxygen atoms in total. The summed E-state index contributed by atoms with van der Waals surface area (Å²) in [4.78, 5) is 30.3. The maximum Gasteiger partial charge on any atom is 0.296 e. The normalized spacial score (nSPS) is 15.0. The van der Waals surface area contributed by atoms with E-state index < -0.39 is 11.7 Å². The number of hydrogen-bond donors (Lipinski definition) is 1. The van der Waals surface area contributed by atoms with Crippen molar-refractivity contribution in [3.63, 3.8) is 0 Å². The van der Waals surface area contributed by atoms with Gasteiger partial charge in [-0.25, -0.2) is 4.39 Å². The van der Waals surface area contributed by atoms with E-state index in [4.69, 9.17) is 0 Å². The number of nitrogens with zero attached hydrogens (tertiary/aromatic N) is 2. The van der Waals surface area contributed by atoms with Crippen LogP contribution in [0, 0.1) is 5.82 Å². The molecule has 0 spiro atoms. The van der Waals surface area contributed by atoms with Crippen molar-refractivity contribution in [2.24, 2.45) is 0 Å². The first-order valence-corrected chi connectivity index (χ1v) is 7.13. The van der Waals surface area contributed by atoms with Gasteiger partial charge in [0, 0.05) is 32.4 Å². The van der Waals surface area contributed by atoms with Crippen LogP contribution in [-0.4, -0.2) is 47.8 Å².